The summed E-state index contributed by atoms with van der Waals surface area (Å²) in [6.45, 7) is 6.49. The van der Waals surface area contributed by atoms with Gasteiger partial charge in [0.15, 0.2) is 0 Å². The molecule has 1 aliphatic carbocycles. The van der Waals surface area contributed by atoms with Crippen LogP contribution in [0.15, 0.2) is 34.4 Å². The van der Waals surface area contributed by atoms with Crippen LogP contribution >= 0.6 is 15.9 Å². The first kappa shape index (κ1) is 18.2. The Labute approximate surface area is 159 Å². The van der Waals surface area contributed by atoms with E-state index in [1.165, 1.54) is 22.3 Å². The van der Waals surface area contributed by atoms with E-state index in [2.05, 4.69) is 48.8 Å². The molecule has 3 heteroatoms. The molecule has 0 saturated heterocycles. The van der Waals surface area contributed by atoms with Crippen LogP contribution in [0.4, 0.5) is 0 Å². The van der Waals surface area contributed by atoms with Crippen LogP contribution in [0.2, 0.25) is 0 Å². The molecule has 0 bridgehead atoms. The van der Waals surface area contributed by atoms with Crippen LogP contribution in [-0.2, 0) is 12.8 Å². The lowest BCUT2D eigenvalue weighted by Gasteiger charge is -2.19. The van der Waals surface area contributed by atoms with Gasteiger partial charge in [0.05, 0.1) is 5.69 Å². The molecule has 0 amide bonds. The summed E-state index contributed by atoms with van der Waals surface area (Å²) >= 11 is 3.57. The summed E-state index contributed by atoms with van der Waals surface area (Å²) in [6, 6.07) is 6.30. The van der Waals surface area contributed by atoms with Crippen LogP contribution in [-0.4, -0.2) is 10.1 Å². The molecule has 132 valence electrons. The first-order chi connectivity index (χ1) is 12.0. The number of nitrogens with zero attached hydrogens (tertiary/aromatic N) is 1. The minimum Gasteiger partial charge on any atom is -0.507 e. The SMILES string of the molecule is CCCC(CCC)=C1c2ncc(Br)cc2CCc2cc(C)cc(O)c21. The summed E-state index contributed by atoms with van der Waals surface area (Å²) < 4.78 is 1.02. The third-order valence-corrected chi connectivity index (χ3v) is 5.32. The molecule has 3 rings (SSSR count). The van der Waals surface area contributed by atoms with E-state index in [0.717, 1.165) is 59.8 Å². The molecule has 0 radical (unpaired) electrons. The Morgan fingerprint density at radius 1 is 1.08 bits per heavy atom. The molecular formula is C22H26BrNO. The molecule has 1 aromatic carbocycles. The zero-order chi connectivity index (χ0) is 18.0. The van der Waals surface area contributed by atoms with Crippen LogP contribution in [0.5, 0.6) is 5.75 Å². The molecule has 1 N–H and O–H groups in total. The van der Waals surface area contributed by atoms with E-state index in [0.29, 0.717) is 5.75 Å². The molecule has 0 aliphatic heterocycles. The normalized spacial score (nSPS) is 13.2. The molecule has 0 unspecified atom stereocenters. The van der Waals surface area contributed by atoms with E-state index in [9.17, 15) is 5.11 Å². The van der Waals surface area contributed by atoms with Gasteiger partial charge in [-0.1, -0.05) is 38.3 Å². The van der Waals surface area contributed by atoms with Crippen LogP contribution in [0, 0.1) is 6.92 Å². The maximum atomic E-state index is 10.8. The number of phenolic OH excluding ortho intramolecular Hbond substituents is 1. The summed E-state index contributed by atoms with van der Waals surface area (Å²) in [5.41, 5.74) is 8.28. The quantitative estimate of drug-likeness (QED) is 0.648. The van der Waals surface area contributed by atoms with Crippen molar-refractivity contribution >= 4 is 21.5 Å². The Hall–Kier alpha value is -1.61. The fourth-order valence-electron chi connectivity index (χ4n) is 3.93. The number of pyridine rings is 1. The molecule has 0 saturated carbocycles. The van der Waals surface area contributed by atoms with Crippen molar-refractivity contribution in [2.75, 3.05) is 0 Å². The van der Waals surface area contributed by atoms with E-state index >= 15 is 0 Å². The number of aryl methyl sites for hydroxylation is 3. The lowest BCUT2D eigenvalue weighted by Crippen LogP contribution is -2.01. The number of benzene rings is 1. The van der Waals surface area contributed by atoms with Gasteiger partial charge in [-0.2, -0.15) is 0 Å². The van der Waals surface area contributed by atoms with Gasteiger partial charge in [0.25, 0.3) is 0 Å². The average Bonchev–Trinajstić information content (AvgIpc) is 2.71. The largest absolute Gasteiger partial charge is 0.507 e. The zero-order valence-electron chi connectivity index (χ0n) is 15.3. The van der Waals surface area contributed by atoms with Crippen LogP contribution < -0.4 is 0 Å². The van der Waals surface area contributed by atoms with Crippen LogP contribution in [0.25, 0.3) is 5.57 Å². The van der Waals surface area contributed by atoms with Gasteiger partial charge >= 0.3 is 0 Å². The Balaban J connectivity index is 2.35. The Kier molecular flexibility index (Phi) is 5.63. The van der Waals surface area contributed by atoms with Crippen molar-refractivity contribution in [3.63, 3.8) is 0 Å². The molecule has 1 aliphatic rings. The van der Waals surface area contributed by atoms with Crippen molar-refractivity contribution in [1.29, 1.82) is 0 Å². The smallest absolute Gasteiger partial charge is 0.124 e. The van der Waals surface area contributed by atoms with Gasteiger partial charge in [-0.25, -0.2) is 0 Å². The first-order valence-corrected chi connectivity index (χ1v) is 10.0. The Bertz CT molecular complexity index is 815. The average molecular weight is 400 g/mol. The van der Waals surface area contributed by atoms with E-state index < -0.39 is 0 Å². The van der Waals surface area contributed by atoms with E-state index in [1.54, 1.807) is 0 Å². The number of halogens is 1. The molecule has 0 spiro atoms. The van der Waals surface area contributed by atoms with Crippen LogP contribution in [0.3, 0.4) is 0 Å². The Morgan fingerprint density at radius 3 is 2.44 bits per heavy atom. The molecule has 2 nitrogen and oxygen atoms in total. The number of allylic oxidation sites excluding steroid dienone is 1. The number of aromatic nitrogens is 1. The lowest BCUT2D eigenvalue weighted by atomic mass is 9.88. The highest BCUT2D eigenvalue weighted by molar-refractivity contribution is 9.10. The van der Waals surface area contributed by atoms with Crippen molar-refractivity contribution in [2.24, 2.45) is 0 Å². The third kappa shape index (κ3) is 3.67. The molecule has 1 aromatic heterocycles. The monoisotopic (exact) mass is 399 g/mol. The van der Waals surface area contributed by atoms with Gasteiger partial charge in [0.1, 0.15) is 5.75 Å². The summed E-state index contributed by atoms with van der Waals surface area (Å²) in [5.74, 6) is 0.396. The van der Waals surface area contributed by atoms with Crippen molar-refractivity contribution in [1.82, 2.24) is 4.98 Å². The van der Waals surface area contributed by atoms with Gasteiger partial charge in [-0.05, 0) is 77.4 Å². The third-order valence-electron chi connectivity index (χ3n) is 4.88. The zero-order valence-corrected chi connectivity index (χ0v) is 16.9. The fraction of sp³-hybridized carbons (Fsp3) is 0.409. The second kappa shape index (κ2) is 7.74. The summed E-state index contributed by atoms with van der Waals surface area (Å²) in [4.78, 5) is 4.79. The fourth-order valence-corrected chi connectivity index (χ4v) is 4.31. The molecule has 25 heavy (non-hydrogen) atoms. The number of fused-ring (bicyclic) bond motifs is 2. The lowest BCUT2D eigenvalue weighted by molar-refractivity contribution is 0.472. The highest BCUT2D eigenvalue weighted by atomic mass is 79.9. The predicted molar refractivity (Wildman–Crippen MR) is 108 cm³/mol. The number of hydrogen-bond acceptors (Lipinski definition) is 2. The first-order valence-electron chi connectivity index (χ1n) is 9.24. The highest BCUT2D eigenvalue weighted by Crippen LogP contribution is 2.42. The second-order valence-electron chi connectivity index (χ2n) is 6.96. The van der Waals surface area contributed by atoms with Gasteiger partial charge in [0.2, 0.25) is 0 Å². The maximum absolute atomic E-state index is 10.8. The number of phenols is 1. The van der Waals surface area contributed by atoms with Gasteiger partial charge < -0.3 is 5.11 Å². The standard InChI is InChI=1S/C22H26BrNO/c1-4-6-15(7-5-2)21-20-16(10-14(3)11-19(20)25)8-9-17-12-18(23)13-24-22(17)21/h10-13,25H,4-9H2,1-3H3. The van der Waals surface area contributed by atoms with Gasteiger partial charge in [-0.15, -0.1) is 0 Å². The minimum absolute atomic E-state index is 0.396. The van der Waals surface area contributed by atoms with Crippen molar-refractivity contribution in [3.05, 3.63) is 62.4 Å². The minimum atomic E-state index is 0.396. The van der Waals surface area contributed by atoms with E-state index in [1.807, 2.05) is 12.3 Å². The van der Waals surface area contributed by atoms with Crippen molar-refractivity contribution in [3.8, 4) is 5.75 Å². The second-order valence-corrected chi connectivity index (χ2v) is 7.87. The molecule has 0 atom stereocenters. The van der Waals surface area contributed by atoms with Crippen molar-refractivity contribution in [2.45, 2.75) is 59.3 Å². The number of hydrogen-bond donors (Lipinski definition) is 1. The summed E-state index contributed by atoms with van der Waals surface area (Å²) in [5, 5.41) is 10.8. The topological polar surface area (TPSA) is 33.1 Å². The van der Waals surface area contributed by atoms with Gasteiger partial charge in [-0.3, -0.25) is 4.98 Å². The molecular weight excluding hydrogens is 374 g/mol. The highest BCUT2D eigenvalue weighted by Gasteiger charge is 2.25. The molecule has 2 aromatic rings. The predicted octanol–water partition coefficient (Wildman–Crippen LogP) is 6.36. The molecule has 0 fully saturated rings. The number of aromatic hydroxyl groups is 1. The van der Waals surface area contributed by atoms with E-state index in [-0.39, 0.29) is 0 Å². The Morgan fingerprint density at radius 2 is 1.76 bits per heavy atom. The molecule has 1 heterocycles. The maximum Gasteiger partial charge on any atom is 0.124 e. The summed E-state index contributed by atoms with van der Waals surface area (Å²) in [6.07, 6.45) is 8.07. The number of rotatable bonds is 4. The van der Waals surface area contributed by atoms with Crippen LogP contribution in [0.1, 0.15) is 67.5 Å². The van der Waals surface area contributed by atoms with Gasteiger partial charge in [0, 0.05) is 21.8 Å². The summed E-state index contributed by atoms with van der Waals surface area (Å²) in [7, 11) is 0. The van der Waals surface area contributed by atoms with Crippen molar-refractivity contribution < 1.29 is 5.11 Å². The van der Waals surface area contributed by atoms with E-state index in [4.69, 9.17) is 4.98 Å².